The summed E-state index contributed by atoms with van der Waals surface area (Å²) in [6.45, 7) is -1.68. The monoisotopic (exact) mass is 403 g/mol. The molecule has 1 rings (SSSR count). The highest BCUT2D eigenvalue weighted by Gasteiger charge is 2.23. The predicted molar refractivity (Wildman–Crippen MR) is 91.3 cm³/mol. The number of carbonyl (C=O) groups excluding carboxylic acids is 3. The minimum absolute atomic E-state index is 0.193. The van der Waals surface area contributed by atoms with Crippen molar-refractivity contribution in [2.45, 2.75) is 4.90 Å². The number of nitrogens with zero attached hydrogens (tertiary/aromatic N) is 2. The highest BCUT2D eigenvalue weighted by Crippen LogP contribution is 2.29. The minimum atomic E-state index is -4.26. The number of esters is 1. The Morgan fingerprint density at radius 2 is 1.93 bits per heavy atom. The number of nitro benzene ring substituents is 1. The second-order valence-electron chi connectivity index (χ2n) is 5.20. The number of primary amides is 1. The smallest absolute Gasteiger partial charge is 0.321 e. The number of hydrogen-bond acceptors (Lipinski definition) is 9. The first-order valence-electron chi connectivity index (χ1n) is 7.14. The number of hydrogen-bond donors (Lipinski definition) is 3. The van der Waals surface area contributed by atoms with Crippen LogP contribution in [0.1, 0.15) is 0 Å². The predicted octanol–water partition coefficient (Wildman–Crippen LogP) is -1.32. The average Bonchev–Trinajstić information content (AvgIpc) is 2.56. The molecule has 0 aromatic heterocycles. The molecule has 0 aliphatic rings. The zero-order chi connectivity index (χ0) is 20.8. The van der Waals surface area contributed by atoms with E-state index < -0.39 is 56.6 Å². The van der Waals surface area contributed by atoms with Gasteiger partial charge in [-0.25, -0.2) is 13.2 Å². The number of nitrogens with two attached hydrogens (primary N) is 1. The van der Waals surface area contributed by atoms with E-state index in [9.17, 15) is 32.9 Å². The summed E-state index contributed by atoms with van der Waals surface area (Å²) in [6, 6.07) is 2.10. The number of nitro groups is 1. The summed E-state index contributed by atoms with van der Waals surface area (Å²) in [5, 5.41) is 12.8. The van der Waals surface area contributed by atoms with Crippen molar-refractivity contribution in [1.29, 1.82) is 0 Å². The van der Waals surface area contributed by atoms with E-state index in [0.717, 1.165) is 12.1 Å². The molecular formula is C13H17N5O8S. The van der Waals surface area contributed by atoms with Gasteiger partial charge in [0.25, 0.3) is 11.6 Å². The summed E-state index contributed by atoms with van der Waals surface area (Å²) in [6.07, 6.45) is 0. The lowest BCUT2D eigenvalue weighted by Crippen LogP contribution is -2.39. The summed E-state index contributed by atoms with van der Waals surface area (Å²) in [5.41, 5.74) is 4.45. The molecule has 4 N–H and O–H groups in total. The van der Waals surface area contributed by atoms with Crippen LogP contribution in [0.4, 0.5) is 16.2 Å². The van der Waals surface area contributed by atoms with Gasteiger partial charge < -0.3 is 15.4 Å². The number of carbonyl (C=O) groups is 3. The Morgan fingerprint density at radius 1 is 1.30 bits per heavy atom. The van der Waals surface area contributed by atoms with E-state index in [1.165, 1.54) is 11.0 Å². The Hall–Kier alpha value is -3.26. The standard InChI is InChI=1S/C13H17N5O8S/c1-17(2)9-4-3-8(5-10(9)18(22)23)27(24,25)15-6-12(20)26-7-11(19)16-13(14)21/h3-5,15H,6-7H2,1-2H3,(H3,14,16,19,21). The van der Waals surface area contributed by atoms with Gasteiger partial charge in [-0.15, -0.1) is 0 Å². The number of amides is 3. The zero-order valence-corrected chi connectivity index (χ0v) is 15.1. The van der Waals surface area contributed by atoms with E-state index >= 15 is 0 Å². The molecule has 3 amide bonds. The van der Waals surface area contributed by atoms with Gasteiger partial charge in [-0.05, 0) is 12.1 Å². The van der Waals surface area contributed by atoms with Crippen LogP contribution < -0.4 is 20.7 Å². The first-order chi connectivity index (χ1) is 12.4. The Kier molecular flexibility index (Phi) is 7.18. The molecular weight excluding hydrogens is 386 g/mol. The normalized spacial score (nSPS) is 10.7. The van der Waals surface area contributed by atoms with Crippen LogP contribution in [-0.4, -0.2) is 58.5 Å². The minimum Gasteiger partial charge on any atom is -0.455 e. The van der Waals surface area contributed by atoms with Crippen LogP contribution in [0.15, 0.2) is 23.1 Å². The Morgan fingerprint density at radius 3 is 2.44 bits per heavy atom. The molecule has 0 spiro atoms. The molecule has 0 heterocycles. The van der Waals surface area contributed by atoms with Crippen molar-refractivity contribution in [1.82, 2.24) is 10.0 Å². The third-order valence-electron chi connectivity index (χ3n) is 2.97. The Balaban J connectivity index is 2.79. The molecule has 0 unspecified atom stereocenters. The van der Waals surface area contributed by atoms with E-state index in [-0.39, 0.29) is 5.69 Å². The summed E-state index contributed by atoms with van der Waals surface area (Å²) in [5.74, 6) is -2.11. The maximum Gasteiger partial charge on any atom is 0.321 e. The van der Waals surface area contributed by atoms with Crippen molar-refractivity contribution in [3.8, 4) is 0 Å². The van der Waals surface area contributed by atoms with Crippen LogP contribution in [0.5, 0.6) is 0 Å². The van der Waals surface area contributed by atoms with Crippen molar-refractivity contribution < 1.29 is 32.5 Å². The fourth-order valence-corrected chi connectivity index (χ4v) is 2.79. The quantitative estimate of drug-likeness (QED) is 0.268. The molecule has 0 atom stereocenters. The summed E-state index contributed by atoms with van der Waals surface area (Å²) >= 11 is 0. The SMILES string of the molecule is CN(C)c1ccc(S(=O)(=O)NCC(=O)OCC(=O)NC(N)=O)cc1[N+](=O)[O-]. The molecule has 14 heteroatoms. The Bertz CT molecular complexity index is 867. The van der Waals surface area contributed by atoms with Gasteiger partial charge in [-0.1, -0.05) is 0 Å². The van der Waals surface area contributed by atoms with E-state index in [1.54, 1.807) is 19.4 Å². The highest BCUT2D eigenvalue weighted by molar-refractivity contribution is 7.89. The van der Waals surface area contributed by atoms with E-state index in [1.807, 2.05) is 4.72 Å². The fraction of sp³-hybridized carbons (Fsp3) is 0.308. The van der Waals surface area contributed by atoms with Gasteiger partial charge in [-0.3, -0.25) is 25.0 Å². The molecule has 27 heavy (non-hydrogen) atoms. The molecule has 148 valence electrons. The highest BCUT2D eigenvalue weighted by atomic mass is 32.2. The average molecular weight is 403 g/mol. The van der Waals surface area contributed by atoms with Gasteiger partial charge in [0.05, 0.1) is 9.82 Å². The number of urea groups is 1. The summed E-state index contributed by atoms with van der Waals surface area (Å²) in [4.78, 5) is 44.3. The second kappa shape index (κ2) is 8.91. The van der Waals surface area contributed by atoms with Crippen LogP contribution in [-0.2, 0) is 24.3 Å². The van der Waals surface area contributed by atoms with Crippen LogP contribution in [0.2, 0.25) is 0 Å². The molecule has 0 saturated carbocycles. The third kappa shape index (κ3) is 6.52. The largest absolute Gasteiger partial charge is 0.455 e. The molecule has 0 fully saturated rings. The van der Waals surface area contributed by atoms with E-state index in [4.69, 9.17) is 0 Å². The lowest BCUT2D eigenvalue weighted by molar-refractivity contribution is -0.384. The first kappa shape index (κ1) is 21.8. The number of rotatable bonds is 8. The van der Waals surface area contributed by atoms with Gasteiger partial charge in [0.1, 0.15) is 12.2 Å². The van der Waals surface area contributed by atoms with Crippen molar-refractivity contribution in [2.24, 2.45) is 5.73 Å². The first-order valence-corrected chi connectivity index (χ1v) is 8.62. The Labute approximate surface area is 153 Å². The maximum absolute atomic E-state index is 12.2. The van der Waals surface area contributed by atoms with Gasteiger partial charge in [0, 0.05) is 20.2 Å². The fourth-order valence-electron chi connectivity index (χ4n) is 1.80. The van der Waals surface area contributed by atoms with Crippen LogP contribution >= 0.6 is 0 Å². The second-order valence-corrected chi connectivity index (χ2v) is 6.97. The number of ether oxygens (including phenoxy) is 1. The van der Waals surface area contributed by atoms with Crippen molar-refractivity contribution >= 4 is 39.3 Å². The van der Waals surface area contributed by atoms with Crippen molar-refractivity contribution in [3.63, 3.8) is 0 Å². The number of nitrogens with one attached hydrogen (secondary N) is 2. The molecule has 1 aromatic rings. The van der Waals surface area contributed by atoms with E-state index in [0.29, 0.717) is 0 Å². The van der Waals surface area contributed by atoms with Crippen molar-refractivity contribution in [3.05, 3.63) is 28.3 Å². The lowest BCUT2D eigenvalue weighted by atomic mass is 10.2. The van der Waals surface area contributed by atoms with Crippen LogP contribution in [0, 0.1) is 10.1 Å². The van der Waals surface area contributed by atoms with Gasteiger partial charge in [0.2, 0.25) is 10.0 Å². The number of benzene rings is 1. The molecule has 0 aliphatic carbocycles. The summed E-state index contributed by atoms with van der Waals surface area (Å²) < 4.78 is 30.7. The number of imide groups is 1. The molecule has 0 radical (unpaired) electrons. The molecule has 0 aliphatic heterocycles. The summed E-state index contributed by atoms with van der Waals surface area (Å²) in [7, 11) is -1.15. The van der Waals surface area contributed by atoms with Crippen molar-refractivity contribution in [2.75, 3.05) is 32.1 Å². The maximum atomic E-state index is 12.2. The van der Waals surface area contributed by atoms with Gasteiger partial charge in [-0.2, -0.15) is 4.72 Å². The topological polar surface area (TPSA) is 191 Å². The number of sulfonamides is 1. The molecule has 1 aromatic carbocycles. The zero-order valence-electron chi connectivity index (χ0n) is 14.3. The lowest BCUT2D eigenvalue weighted by Gasteiger charge is -2.13. The van der Waals surface area contributed by atoms with Crippen LogP contribution in [0.25, 0.3) is 0 Å². The molecule has 0 bridgehead atoms. The molecule has 13 nitrogen and oxygen atoms in total. The third-order valence-corrected chi connectivity index (χ3v) is 4.37. The molecule has 0 saturated heterocycles. The van der Waals surface area contributed by atoms with Gasteiger partial charge >= 0.3 is 12.0 Å². The number of anilines is 1. The van der Waals surface area contributed by atoms with Crippen LogP contribution in [0.3, 0.4) is 0 Å². The van der Waals surface area contributed by atoms with E-state index in [2.05, 4.69) is 10.5 Å². The van der Waals surface area contributed by atoms with Gasteiger partial charge in [0.15, 0.2) is 6.61 Å².